The van der Waals surface area contributed by atoms with Gasteiger partial charge in [0.25, 0.3) is 5.91 Å². The monoisotopic (exact) mass is 244 g/mol. The Morgan fingerprint density at radius 1 is 1.33 bits per heavy atom. The van der Waals surface area contributed by atoms with E-state index in [1.165, 1.54) is 0 Å². The maximum absolute atomic E-state index is 12.4. The van der Waals surface area contributed by atoms with Gasteiger partial charge >= 0.3 is 0 Å². The predicted molar refractivity (Wildman–Crippen MR) is 67.4 cm³/mol. The van der Waals surface area contributed by atoms with Gasteiger partial charge in [-0.3, -0.25) is 9.59 Å². The second kappa shape index (κ2) is 4.21. The number of rotatable bonds is 1. The van der Waals surface area contributed by atoms with Crippen LogP contribution in [-0.4, -0.2) is 41.8 Å². The third-order valence-electron chi connectivity index (χ3n) is 3.82. The Balaban J connectivity index is 1.85. The Hall–Kier alpha value is -1.68. The van der Waals surface area contributed by atoms with Crippen LogP contribution in [0.2, 0.25) is 0 Å². The third-order valence-corrected chi connectivity index (χ3v) is 3.82. The fraction of sp³-hybridized carbons (Fsp3) is 0.429. The van der Waals surface area contributed by atoms with E-state index < -0.39 is 0 Å². The van der Waals surface area contributed by atoms with Gasteiger partial charge in [0, 0.05) is 5.56 Å². The van der Waals surface area contributed by atoms with Gasteiger partial charge in [0.2, 0.25) is 0 Å². The summed E-state index contributed by atoms with van der Waals surface area (Å²) in [6.07, 6.45) is 0.869. The maximum Gasteiger partial charge on any atom is 0.254 e. The number of benzene rings is 1. The van der Waals surface area contributed by atoms with Crippen molar-refractivity contribution < 1.29 is 9.59 Å². The summed E-state index contributed by atoms with van der Waals surface area (Å²) in [5.41, 5.74) is 1.80. The highest BCUT2D eigenvalue weighted by molar-refractivity contribution is 6.01. The lowest BCUT2D eigenvalue weighted by Gasteiger charge is -2.22. The van der Waals surface area contributed by atoms with E-state index in [2.05, 4.69) is 5.32 Å². The number of aryl methyl sites for hydroxylation is 1. The molecule has 1 aromatic rings. The molecule has 18 heavy (non-hydrogen) atoms. The van der Waals surface area contributed by atoms with Crippen LogP contribution in [0.25, 0.3) is 0 Å². The van der Waals surface area contributed by atoms with Crippen molar-refractivity contribution in [2.45, 2.75) is 25.4 Å². The number of Topliss-reactive ketones (excluding diaryl/α,β-unsaturated/α-hetero) is 1. The van der Waals surface area contributed by atoms with Gasteiger partial charge in [0.05, 0.1) is 18.6 Å². The van der Waals surface area contributed by atoms with Gasteiger partial charge in [0.15, 0.2) is 5.78 Å². The van der Waals surface area contributed by atoms with E-state index >= 15 is 0 Å². The molecule has 0 aliphatic carbocycles. The lowest BCUT2D eigenvalue weighted by molar-refractivity contribution is -0.118. The second-order valence-corrected chi connectivity index (χ2v) is 5.05. The van der Waals surface area contributed by atoms with Gasteiger partial charge in [-0.1, -0.05) is 17.7 Å². The summed E-state index contributed by atoms with van der Waals surface area (Å²) in [4.78, 5) is 25.9. The van der Waals surface area contributed by atoms with Crippen LogP contribution in [0.1, 0.15) is 22.3 Å². The molecule has 0 saturated carbocycles. The van der Waals surface area contributed by atoms with Crippen molar-refractivity contribution in [3.05, 3.63) is 35.4 Å². The minimum atomic E-state index is -0.139. The van der Waals surface area contributed by atoms with E-state index in [9.17, 15) is 9.59 Å². The van der Waals surface area contributed by atoms with Crippen LogP contribution < -0.4 is 5.32 Å². The highest BCUT2D eigenvalue weighted by Crippen LogP contribution is 2.24. The van der Waals surface area contributed by atoms with Crippen LogP contribution in [0.15, 0.2) is 24.3 Å². The number of nitrogens with one attached hydrogen (secondary N) is 1. The first-order valence-electron chi connectivity index (χ1n) is 6.30. The van der Waals surface area contributed by atoms with E-state index in [0.717, 1.165) is 18.5 Å². The lowest BCUT2D eigenvalue weighted by Crippen LogP contribution is -2.39. The molecule has 2 heterocycles. The Morgan fingerprint density at radius 2 is 2.06 bits per heavy atom. The van der Waals surface area contributed by atoms with Gasteiger partial charge in [-0.25, -0.2) is 0 Å². The highest BCUT2D eigenvalue weighted by atomic mass is 16.2. The van der Waals surface area contributed by atoms with Crippen LogP contribution in [0.3, 0.4) is 0 Å². The van der Waals surface area contributed by atoms with Crippen LogP contribution in [-0.2, 0) is 4.79 Å². The number of carbonyl (C=O) groups is 2. The van der Waals surface area contributed by atoms with Crippen LogP contribution in [0.5, 0.6) is 0 Å². The lowest BCUT2D eigenvalue weighted by atomic mass is 10.1. The van der Waals surface area contributed by atoms with Crippen molar-refractivity contribution in [3.8, 4) is 0 Å². The van der Waals surface area contributed by atoms with Crippen LogP contribution in [0, 0.1) is 6.92 Å². The van der Waals surface area contributed by atoms with Crippen LogP contribution >= 0.6 is 0 Å². The van der Waals surface area contributed by atoms with Crippen molar-refractivity contribution in [2.75, 3.05) is 13.1 Å². The number of ketones is 1. The number of nitrogens with zero attached hydrogens (tertiary/aromatic N) is 1. The molecule has 2 aliphatic heterocycles. The molecule has 2 atom stereocenters. The molecule has 0 radical (unpaired) electrons. The smallest absolute Gasteiger partial charge is 0.254 e. The first kappa shape index (κ1) is 11.4. The standard InChI is InChI=1S/C14H16N2O2/c1-9-2-4-10(5-3-9)14(18)16-8-12(17)13-11(16)6-7-15-13/h2-5,11,13,15H,6-8H2,1H3. The molecule has 2 unspecified atom stereocenters. The Bertz CT molecular complexity index is 495. The Morgan fingerprint density at radius 3 is 2.78 bits per heavy atom. The minimum Gasteiger partial charge on any atom is -0.326 e. The van der Waals surface area contributed by atoms with Crippen molar-refractivity contribution in [1.82, 2.24) is 10.2 Å². The molecule has 2 aliphatic rings. The molecule has 1 amide bonds. The molecule has 0 aromatic heterocycles. The summed E-state index contributed by atoms with van der Waals surface area (Å²) in [6, 6.07) is 7.42. The van der Waals surface area contributed by atoms with E-state index in [-0.39, 0.29) is 30.3 Å². The normalized spacial score (nSPS) is 26.5. The van der Waals surface area contributed by atoms with E-state index in [1.54, 1.807) is 4.90 Å². The molecule has 94 valence electrons. The molecule has 4 nitrogen and oxygen atoms in total. The van der Waals surface area contributed by atoms with Gasteiger partial charge in [-0.2, -0.15) is 0 Å². The van der Waals surface area contributed by atoms with Gasteiger partial charge in [0.1, 0.15) is 0 Å². The number of likely N-dealkylation sites (tertiary alicyclic amines) is 1. The fourth-order valence-corrected chi connectivity index (χ4v) is 2.82. The van der Waals surface area contributed by atoms with Gasteiger partial charge in [-0.05, 0) is 32.0 Å². The summed E-state index contributed by atoms with van der Waals surface area (Å²) in [5, 5.41) is 3.17. The topological polar surface area (TPSA) is 49.4 Å². The van der Waals surface area contributed by atoms with Crippen molar-refractivity contribution in [1.29, 1.82) is 0 Å². The molecular weight excluding hydrogens is 228 g/mol. The molecular formula is C14H16N2O2. The summed E-state index contributed by atoms with van der Waals surface area (Å²) in [5.74, 6) is 0.109. The molecule has 2 fully saturated rings. The average molecular weight is 244 g/mol. The number of hydrogen-bond donors (Lipinski definition) is 1. The molecule has 0 bridgehead atoms. The van der Waals surface area contributed by atoms with Crippen molar-refractivity contribution in [3.63, 3.8) is 0 Å². The molecule has 3 rings (SSSR count). The van der Waals surface area contributed by atoms with Crippen LogP contribution in [0.4, 0.5) is 0 Å². The van der Waals surface area contributed by atoms with Crippen molar-refractivity contribution >= 4 is 11.7 Å². The Labute approximate surface area is 106 Å². The predicted octanol–water partition coefficient (Wildman–Crippen LogP) is 0.750. The van der Waals surface area contributed by atoms with Gasteiger partial charge < -0.3 is 10.2 Å². The first-order chi connectivity index (χ1) is 8.66. The summed E-state index contributed by atoms with van der Waals surface area (Å²) in [7, 11) is 0. The Kier molecular flexibility index (Phi) is 2.67. The summed E-state index contributed by atoms with van der Waals surface area (Å²) >= 11 is 0. The SMILES string of the molecule is Cc1ccc(C(=O)N2CC(=O)C3NCCC32)cc1. The fourth-order valence-electron chi connectivity index (χ4n) is 2.82. The number of carbonyl (C=O) groups excluding carboxylic acids is 2. The number of hydrogen-bond acceptors (Lipinski definition) is 3. The zero-order valence-corrected chi connectivity index (χ0v) is 10.3. The molecule has 1 N–H and O–H groups in total. The zero-order chi connectivity index (χ0) is 12.7. The molecule has 2 saturated heterocycles. The van der Waals surface area contributed by atoms with E-state index in [0.29, 0.717) is 5.56 Å². The second-order valence-electron chi connectivity index (χ2n) is 5.05. The first-order valence-corrected chi connectivity index (χ1v) is 6.30. The largest absolute Gasteiger partial charge is 0.326 e. The summed E-state index contributed by atoms with van der Waals surface area (Å²) < 4.78 is 0. The van der Waals surface area contributed by atoms with Crippen molar-refractivity contribution in [2.24, 2.45) is 0 Å². The molecule has 0 spiro atoms. The highest BCUT2D eigenvalue weighted by Gasteiger charge is 2.45. The molecule has 1 aromatic carbocycles. The quantitative estimate of drug-likeness (QED) is 0.793. The minimum absolute atomic E-state index is 0.0282. The third kappa shape index (κ3) is 1.73. The van der Waals surface area contributed by atoms with E-state index in [4.69, 9.17) is 0 Å². The maximum atomic E-state index is 12.4. The average Bonchev–Trinajstić information content (AvgIpc) is 2.94. The van der Waals surface area contributed by atoms with Gasteiger partial charge in [-0.15, -0.1) is 0 Å². The number of fused-ring (bicyclic) bond motifs is 1. The zero-order valence-electron chi connectivity index (χ0n) is 10.3. The molecule has 4 heteroatoms. The summed E-state index contributed by atoms with van der Waals surface area (Å²) in [6.45, 7) is 3.05. The number of amides is 1. The van der Waals surface area contributed by atoms with E-state index in [1.807, 2.05) is 31.2 Å².